The standard InChI is InChI=1S/C28H32N2O5/c1-30(28(26(32)33)14-6-7-15-28)25(31)18-12-13-19(16-18)29-27(34)35-17-24-22-10-4-2-8-20(22)21-9-3-5-11-23(21)24/h2-5,8-11,18-19,24H,6-7,12-17H2,1H3,(H,29,34)(H,32,33)/t18-,19+/m1/s1. The number of fused-ring (bicyclic) bond motifs is 3. The lowest BCUT2D eigenvalue weighted by Gasteiger charge is -2.36. The van der Waals surface area contributed by atoms with Crippen LogP contribution in [-0.4, -0.2) is 53.2 Å². The van der Waals surface area contributed by atoms with Gasteiger partial charge in [-0.15, -0.1) is 0 Å². The van der Waals surface area contributed by atoms with Crippen molar-refractivity contribution in [2.24, 2.45) is 5.92 Å². The minimum Gasteiger partial charge on any atom is -0.479 e. The van der Waals surface area contributed by atoms with Gasteiger partial charge in [0.25, 0.3) is 0 Å². The van der Waals surface area contributed by atoms with E-state index in [0.29, 0.717) is 32.1 Å². The minimum absolute atomic E-state index is 0.00155. The van der Waals surface area contributed by atoms with E-state index in [1.54, 1.807) is 7.05 Å². The van der Waals surface area contributed by atoms with Crippen molar-refractivity contribution in [3.8, 4) is 11.1 Å². The molecule has 35 heavy (non-hydrogen) atoms. The van der Waals surface area contributed by atoms with E-state index in [1.807, 2.05) is 24.3 Å². The van der Waals surface area contributed by atoms with Gasteiger partial charge < -0.3 is 20.1 Å². The number of carboxylic acid groups (broad SMARTS) is 1. The van der Waals surface area contributed by atoms with Crippen molar-refractivity contribution in [2.75, 3.05) is 13.7 Å². The number of rotatable bonds is 6. The highest BCUT2D eigenvalue weighted by Crippen LogP contribution is 2.44. The number of carboxylic acids is 1. The highest BCUT2D eigenvalue weighted by molar-refractivity contribution is 5.88. The van der Waals surface area contributed by atoms with Crippen molar-refractivity contribution in [3.05, 3.63) is 59.7 Å². The lowest BCUT2D eigenvalue weighted by Crippen LogP contribution is -2.54. The molecular formula is C28H32N2O5. The van der Waals surface area contributed by atoms with Gasteiger partial charge in [-0.25, -0.2) is 9.59 Å². The topological polar surface area (TPSA) is 95.9 Å². The molecule has 2 aromatic rings. The second kappa shape index (κ2) is 9.36. The molecule has 0 aromatic heterocycles. The number of hydrogen-bond acceptors (Lipinski definition) is 4. The molecule has 7 nitrogen and oxygen atoms in total. The predicted octanol–water partition coefficient (Wildman–Crippen LogP) is 4.55. The molecule has 2 amide bonds. The fourth-order valence-corrected chi connectivity index (χ4v) is 6.28. The third-order valence-electron chi connectivity index (χ3n) is 8.25. The fraction of sp³-hybridized carbons (Fsp3) is 0.464. The number of benzene rings is 2. The van der Waals surface area contributed by atoms with Gasteiger partial charge in [-0.1, -0.05) is 61.4 Å². The van der Waals surface area contributed by atoms with Gasteiger partial charge in [0.15, 0.2) is 0 Å². The van der Waals surface area contributed by atoms with Crippen LogP contribution >= 0.6 is 0 Å². The molecule has 0 bridgehead atoms. The first-order valence-electron chi connectivity index (χ1n) is 12.5. The molecule has 7 heteroatoms. The summed E-state index contributed by atoms with van der Waals surface area (Å²) in [4.78, 5) is 39.2. The lowest BCUT2D eigenvalue weighted by molar-refractivity contribution is -0.159. The van der Waals surface area contributed by atoms with Crippen LogP contribution in [0.1, 0.15) is 62.0 Å². The highest BCUT2D eigenvalue weighted by atomic mass is 16.5. The summed E-state index contributed by atoms with van der Waals surface area (Å²) in [5.74, 6) is -1.34. The summed E-state index contributed by atoms with van der Waals surface area (Å²) >= 11 is 0. The van der Waals surface area contributed by atoms with Crippen LogP contribution in [0.2, 0.25) is 0 Å². The molecule has 0 unspecified atom stereocenters. The number of amides is 2. The summed E-state index contributed by atoms with van der Waals surface area (Å²) in [6, 6.07) is 16.3. The third kappa shape index (κ3) is 4.17. The number of likely N-dealkylation sites (N-methyl/N-ethyl adjacent to an activating group) is 1. The highest BCUT2D eigenvalue weighted by Gasteiger charge is 2.48. The number of hydrogen-bond donors (Lipinski definition) is 2. The zero-order valence-corrected chi connectivity index (χ0v) is 20.0. The Morgan fingerprint density at radius 1 is 1.00 bits per heavy atom. The van der Waals surface area contributed by atoms with Gasteiger partial charge in [-0.3, -0.25) is 4.79 Å². The smallest absolute Gasteiger partial charge is 0.407 e. The molecule has 0 aliphatic heterocycles. The van der Waals surface area contributed by atoms with Crippen LogP contribution in [0.4, 0.5) is 4.79 Å². The van der Waals surface area contributed by atoms with E-state index in [4.69, 9.17) is 4.74 Å². The first-order chi connectivity index (χ1) is 16.9. The van der Waals surface area contributed by atoms with Gasteiger partial charge in [0, 0.05) is 24.9 Å². The molecule has 0 saturated heterocycles. The van der Waals surface area contributed by atoms with Gasteiger partial charge in [-0.2, -0.15) is 0 Å². The van der Waals surface area contributed by atoms with E-state index in [9.17, 15) is 19.5 Å². The predicted molar refractivity (Wildman–Crippen MR) is 131 cm³/mol. The summed E-state index contributed by atoms with van der Waals surface area (Å²) in [6.07, 6.45) is 3.97. The number of carbonyl (C=O) groups is 3. The largest absolute Gasteiger partial charge is 0.479 e. The Morgan fingerprint density at radius 2 is 1.60 bits per heavy atom. The summed E-state index contributed by atoms with van der Waals surface area (Å²) < 4.78 is 5.65. The van der Waals surface area contributed by atoms with E-state index in [1.165, 1.54) is 16.0 Å². The number of carbonyl (C=O) groups excluding carboxylic acids is 2. The van der Waals surface area contributed by atoms with Crippen molar-refractivity contribution in [3.63, 3.8) is 0 Å². The van der Waals surface area contributed by atoms with Gasteiger partial charge in [0.05, 0.1) is 0 Å². The van der Waals surface area contributed by atoms with E-state index in [2.05, 4.69) is 29.6 Å². The maximum atomic E-state index is 13.1. The van der Waals surface area contributed by atoms with Crippen molar-refractivity contribution in [1.82, 2.24) is 10.2 Å². The molecule has 0 heterocycles. The SMILES string of the molecule is CN(C(=O)[C@@H]1CC[C@H](NC(=O)OCC2c3ccccc3-c3ccccc32)C1)C1(C(=O)O)CCCC1. The molecule has 2 atom stereocenters. The first-order valence-corrected chi connectivity index (χ1v) is 12.5. The summed E-state index contributed by atoms with van der Waals surface area (Å²) in [6.45, 7) is 0.249. The molecule has 2 N–H and O–H groups in total. The maximum absolute atomic E-state index is 13.1. The second-order valence-corrected chi connectivity index (χ2v) is 10.1. The quantitative estimate of drug-likeness (QED) is 0.638. The maximum Gasteiger partial charge on any atom is 0.407 e. The molecule has 5 rings (SSSR count). The number of nitrogens with one attached hydrogen (secondary N) is 1. The van der Waals surface area contributed by atoms with Crippen LogP contribution in [0.25, 0.3) is 11.1 Å². The molecule has 3 aliphatic rings. The molecule has 2 aromatic carbocycles. The third-order valence-corrected chi connectivity index (χ3v) is 8.25. The zero-order valence-electron chi connectivity index (χ0n) is 20.0. The van der Waals surface area contributed by atoms with Crippen molar-refractivity contribution < 1.29 is 24.2 Å². The molecule has 0 spiro atoms. The second-order valence-electron chi connectivity index (χ2n) is 10.1. The molecule has 184 valence electrons. The zero-order chi connectivity index (χ0) is 24.6. The number of aliphatic carboxylic acids is 1. The number of alkyl carbamates (subject to hydrolysis) is 1. The molecule has 0 radical (unpaired) electrons. The molecular weight excluding hydrogens is 444 g/mol. The average Bonchev–Trinajstić information content (AvgIpc) is 3.60. The fourth-order valence-electron chi connectivity index (χ4n) is 6.28. The first kappa shape index (κ1) is 23.4. The summed E-state index contributed by atoms with van der Waals surface area (Å²) in [5, 5.41) is 12.7. The summed E-state index contributed by atoms with van der Waals surface area (Å²) in [7, 11) is 1.62. The minimum atomic E-state index is -1.09. The van der Waals surface area contributed by atoms with E-state index in [-0.39, 0.29) is 30.4 Å². The van der Waals surface area contributed by atoms with Crippen LogP contribution in [0.15, 0.2) is 48.5 Å². The Kier molecular flexibility index (Phi) is 6.26. The normalized spacial score (nSPS) is 22.3. The Labute approximate surface area is 205 Å². The molecule has 2 saturated carbocycles. The van der Waals surface area contributed by atoms with E-state index in [0.717, 1.165) is 24.0 Å². The van der Waals surface area contributed by atoms with Crippen molar-refractivity contribution in [1.29, 1.82) is 0 Å². The number of nitrogens with zero attached hydrogens (tertiary/aromatic N) is 1. The van der Waals surface area contributed by atoms with Crippen LogP contribution in [0.3, 0.4) is 0 Å². The summed E-state index contributed by atoms with van der Waals surface area (Å²) in [5.41, 5.74) is 3.60. The Bertz CT molecular complexity index is 1090. The van der Waals surface area contributed by atoms with Crippen LogP contribution < -0.4 is 5.32 Å². The Morgan fingerprint density at radius 3 is 2.20 bits per heavy atom. The van der Waals surface area contributed by atoms with Gasteiger partial charge in [0.2, 0.25) is 5.91 Å². The number of ether oxygens (including phenoxy) is 1. The average molecular weight is 477 g/mol. The lowest BCUT2D eigenvalue weighted by atomic mass is 9.93. The van der Waals surface area contributed by atoms with Crippen molar-refractivity contribution in [2.45, 2.75) is 62.4 Å². The van der Waals surface area contributed by atoms with Crippen LogP contribution in [0, 0.1) is 5.92 Å². The van der Waals surface area contributed by atoms with Crippen LogP contribution in [0.5, 0.6) is 0 Å². The van der Waals surface area contributed by atoms with Crippen LogP contribution in [-0.2, 0) is 14.3 Å². The molecule has 3 aliphatic carbocycles. The van der Waals surface area contributed by atoms with Gasteiger partial charge in [0.1, 0.15) is 12.1 Å². The van der Waals surface area contributed by atoms with Crippen molar-refractivity contribution >= 4 is 18.0 Å². The van der Waals surface area contributed by atoms with E-state index < -0.39 is 17.6 Å². The Balaban J connectivity index is 1.16. The Hall–Kier alpha value is -3.35. The van der Waals surface area contributed by atoms with Gasteiger partial charge >= 0.3 is 12.1 Å². The monoisotopic (exact) mass is 476 g/mol. The van der Waals surface area contributed by atoms with Gasteiger partial charge in [-0.05, 0) is 54.4 Å². The van der Waals surface area contributed by atoms with E-state index >= 15 is 0 Å². The molecule has 2 fully saturated rings.